The molecule has 104 valence electrons. The summed E-state index contributed by atoms with van der Waals surface area (Å²) in [4.78, 5) is 11.2. The second-order valence-electron chi connectivity index (χ2n) is 4.45. The summed E-state index contributed by atoms with van der Waals surface area (Å²) in [6, 6.07) is 0. The summed E-state index contributed by atoms with van der Waals surface area (Å²) in [6.07, 6.45) is 11.7. The third kappa shape index (κ3) is 13.4. The predicted molar refractivity (Wildman–Crippen MR) is 76.0 cm³/mol. The van der Waals surface area contributed by atoms with Gasteiger partial charge in [0, 0.05) is 6.42 Å². The zero-order valence-electron chi connectivity index (χ0n) is 11.5. The Bertz CT molecular complexity index is 238. The molecule has 0 atom stereocenters. The van der Waals surface area contributed by atoms with Gasteiger partial charge in [0.05, 0.1) is 0 Å². The van der Waals surface area contributed by atoms with Crippen LogP contribution in [0.15, 0.2) is 0 Å². The first-order valence-corrected chi connectivity index (χ1v) is 7.96. The van der Waals surface area contributed by atoms with Gasteiger partial charge in [-0.15, -0.1) is 0 Å². The molecule has 0 aromatic heterocycles. The molecule has 0 unspecified atom stereocenters. The number of thiocyanates is 1. The Balaban J connectivity index is 3.10. The molecule has 0 spiro atoms. The fraction of sp³-hybridized carbons (Fsp3) is 0.857. The molecule has 0 N–H and O–H groups in total. The summed E-state index contributed by atoms with van der Waals surface area (Å²) in [7, 11) is 0. The number of nitriles is 1. The van der Waals surface area contributed by atoms with Crippen molar-refractivity contribution in [2.75, 3.05) is 5.94 Å². The fourth-order valence-corrected chi connectivity index (χ4v) is 2.02. The molecule has 0 fully saturated rings. The summed E-state index contributed by atoms with van der Waals surface area (Å²) in [5.74, 6) is -0.0204. The molecule has 0 saturated heterocycles. The number of hydrogen-bond donors (Lipinski definition) is 0. The Hall–Kier alpha value is -0.690. The van der Waals surface area contributed by atoms with E-state index in [4.69, 9.17) is 10.00 Å². The topological polar surface area (TPSA) is 50.1 Å². The third-order valence-electron chi connectivity index (χ3n) is 2.83. The first-order chi connectivity index (χ1) is 8.81. The number of ether oxygens (including phenoxy) is 1. The van der Waals surface area contributed by atoms with Crippen molar-refractivity contribution in [3.63, 3.8) is 0 Å². The van der Waals surface area contributed by atoms with Gasteiger partial charge < -0.3 is 4.74 Å². The van der Waals surface area contributed by atoms with Gasteiger partial charge in [0.15, 0.2) is 5.94 Å². The van der Waals surface area contributed by atoms with Gasteiger partial charge in [-0.2, -0.15) is 5.26 Å². The normalized spacial score (nSPS) is 10.0. The third-order valence-corrected chi connectivity index (χ3v) is 3.19. The minimum atomic E-state index is -0.180. The highest BCUT2D eigenvalue weighted by Gasteiger charge is 2.02. The minimum Gasteiger partial charge on any atom is -0.454 e. The number of rotatable bonds is 12. The maximum atomic E-state index is 11.2. The van der Waals surface area contributed by atoms with Crippen molar-refractivity contribution in [1.82, 2.24) is 0 Å². The summed E-state index contributed by atoms with van der Waals surface area (Å²) in [5, 5.41) is 10.1. The summed E-state index contributed by atoms with van der Waals surface area (Å²) >= 11 is 0.956. The lowest BCUT2D eigenvalue weighted by Crippen LogP contribution is -2.03. The number of carbonyl (C=O) groups excluding carboxylic acids is 1. The SMILES string of the molecule is CCCCCCCCCCCC(=O)OCSC#N. The average molecular weight is 271 g/mol. The van der Waals surface area contributed by atoms with Crippen LogP contribution >= 0.6 is 11.8 Å². The van der Waals surface area contributed by atoms with Crippen LogP contribution in [0.3, 0.4) is 0 Å². The molecule has 0 aromatic rings. The molecule has 0 heterocycles. The molecule has 0 aliphatic heterocycles. The Kier molecular flexibility index (Phi) is 13.8. The molecule has 4 heteroatoms. The van der Waals surface area contributed by atoms with E-state index in [0.717, 1.165) is 24.6 Å². The standard InChI is InChI=1S/C14H25NO2S/c1-2-3-4-5-6-7-8-9-10-11-14(16)17-13-18-12-15/h2-11,13H2,1H3. The average Bonchev–Trinajstić information content (AvgIpc) is 2.37. The van der Waals surface area contributed by atoms with Crippen molar-refractivity contribution >= 4 is 17.7 Å². The van der Waals surface area contributed by atoms with Crippen molar-refractivity contribution in [1.29, 1.82) is 5.26 Å². The Labute approximate surface area is 115 Å². The fourth-order valence-electron chi connectivity index (χ4n) is 1.77. The maximum Gasteiger partial charge on any atom is 0.306 e. The summed E-state index contributed by atoms with van der Waals surface area (Å²) in [5.41, 5.74) is 0. The lowest BCUT2D eigenvalue weighted by molar-refractivity contribution is -0.141. The van der Waals surface area contributed by atoms with Gasteiger partial charge in [0.2, 0.25) is 0 Å². The lowest BCUT2D eigenvalue weighted by Gasteiger charge is -2.02. The van der Waals surface area contributed by atoms with Gasteiger partial charge >= 0.3 is 5.97 Å². The van der Waals surface area contributed by atoms with E-state index in [1.54, 1.807) is 0 Å². The first-order valence-electron chi connectivity index (χ1n) is 6.97. The molecule has 0 rings (SSSR count). The highest BCUT2D eigenvalue weighted by Crippen LogP contribution is 2.11. The van der Waals surface area contributed by atoms with Crippen LogP contribution in [0.1, 0.15) is 71.1 Å². The molecule has 0 amide bonds. The van der Waals surface area contributed by atoms with Crippen LogP contribution < -0.4 is 0 Å². The van der Waals surface area contributed by atoms with Gasteiger partial charge in [0.25, 0.3) is 0 Å². The van der Waals surface area contributed by atoms with Crippen molar-refractivity contribution in [3.8, 4) is 5.40 Å². The number of hydrogen-bond acceptors (Lipinski definition) is 4. The molecule has 0 aliphatic carbocycles. The van der Waals surface area contributed by atoms with Gasteiger partial charge in [0.1, 0.15) is 5.40 Å². The molecule has 18 heavy (non-hydrogen) atoms. The second kappa shape index (κ2) is 14.4. The molecular formula is C14H25NO2S. The van der Waals surface area contributed by atoms with E-state index < -0.39 is 0 Å². The predicted octanol–water partition coefficient (Wildman–Crippen LogP) is 4.62. The smallest absolute Gasteiger partial charge is 0.306 e. The summed E-state index contributed by atoms with van der Waals surface area (Å²) in [6.45, 7) is 2.23. The molecule has 0 aromatic carbocycles. The molecular weight excluding hydrogens is 246 g/mol. The van der Waals surface area contributed by atoms with Crippen molar-refractivity contribution in [2.45, 2.75) is 71.1 Å². The summed E-state index contributed by atoms with van der Waals surface area (Å²) < 4.78 is 4.86. The van der Waals surface area contributed by atoms with Crippen LogP contribution in [-0.4, -0.2) is 11.9 Å². The van der Waals surface area contributed by atoms with Crippen LogP contribution in [-0.2, 0) is 9.53 Å². The number of carbonyl (C=O) groups is 1. The van der Waals surface area contributed by atoms with Gasteiger partial charge in [-0.1, -0.05) is 58.3 Å². The molecule has 0 aliphatic rings. The van der Waals surface area contributed by atoms with E-state index in [1.165, 1.54) is 44.9 Å². The number of unbranched alkanes of at least 4 members (excludes halogenated alkanes) is 8. The highest BCUT2D eigenvalue weighted by molar-refractivity contribution is 8.03. The lowest BCUT2D eigenvalue weighted by atomic mass is 10.1. The van der Waals surface area contributed by atoms with Crippen molar-refractivity contribution in [3.05, 3.63) is 0 Å². The van der Waals surface area contributed by atoms with Crippen molar-refractivity contribution in [2.24, 2.45) is 0 Å². The largest absolute Gasteiger partial charge is 0.454 e. The van der Waals surface area contributed by atoms with E-state index in [0.29, 0.717) is 6.42 Å². The van der Waals surface area contributed by atoms with Gasteiger partial charge in [-0.3, -0.25) is 4.79 Å². The Morgan fingerprint density at radius 2 is 1.61 bits per heavy atom. The van der Waals surface area contributed by atoms with Crippen molar-refractivity contribution < 1.29 is 9.53 Å². The quantitative estimate of drug-likeness (QED) is 0.225. The van der Waals surface area contributed by atoms with Crippen LogP contribution in [0, 0.1) is 10.7 Å². The first kappa shape index (κ1) is 17.3. The van der Waals surface area contributed by atoms with Gasteiger partial charge in [-0.25, -0.2) is 0 Å². The van der Waals surface area contributed by atoms with Crippen LogP contribution in [0.5, 0.6) is 0 Å². The van der Waals surface area contributed by atoms with Crippen LogP contribution in [0.4, 0.5) is 0 Å². The number of nitrogens with zero attached hydrogens (tertiary/aromatic N) is 1. The van der Waals surface area contributed by atoms with E-state index in [-0.39, 0.29) is 11.9 Å². The van der Waals surface area contributed by atoms with E-state index in [9.17, 15) is 4.79 Å². The zero-order chi connectivity index (χ0) is 13.5. The minimum absolute atomic E-state index is 0.159. The van der Waals surface area contributed by atoms with E-state index in [1.807, 2.05) is 5.40 Å². The number of esters is 1. The van der Waals surface area contributed by atoms with Crippen LogP contribution in [0.2, 0.25) is 0 Å². The van der Waals surface area contributed by atoms with Gasteiger partial charge in [-0.05, 0) is 18.2 Å². The molecule has 0 radical (unpaired) electrons. The Morgan fingerprint density at radius 1 is 1.06 bits per heavy atom. The molecule has 3 nitrogen and oxygen atoms in total. The van der Waals surface area contributed by atoms with Crippen LogP contribution in [0.25, 0.3) is 0 Å². The molecule has 0 bridgehead atoms. The number of thioether (sulfide) groups is 1. The monoisotopic (exact) mass is 271 g/mol. The zero-order valence-corrected chi connectivity index (χ0v) is 12.3. The highest BCUT2D eigenvalue weighted by atomic mass is 32.2. The Morgan fingerprint density at radius 3 is 2.17 bits per heavy atom. The second-order valence-corrected chi connectivity index (χ2v) is 5.16. The van der Waals surface area contributed by atoms with E-state index >= 15 is 0 Å². The maximum absolute atomic E-state index is 11.2. The molecule has 0 saturated carbocycles. The van der Waals surface area contributed by atoms with E-state index in [2.05, 4.69) is 6.92 Å².